The van der Waals surface area contributed by atoms with E-state index in [-0.39, 0.29) is 29.5 Å². The van der Waals surface area contributed by atoms with Crippen LogP contribution in [0.2, 0.25) is 0 Å². The standard InChI is InChI=1S/C14H19N3O6S/c1-3-17-24(21,22)11-6-4-10(5-7-11)14(20)23-9-13(19)16-8-12(18)15-2/h4-7,17H,3,8-9H2,1-2H3,(H,15,18)(H,16,19). The van der Waals surface area contributed by atoms with Gasteiger partial charge >= 0.3 is 5.97 Å². The number of likely N-dealkylation sites (N-methyl/N-ethyl adjacent to an activating group) is 1. The normalized spacial score (nSPS) is 10.8. The number of hydrogen-bond donors (Lipinski definition) is 3. The number of rotatable bonds is 8. The number of carbonyl (C=O) groups is 3. The maximum atomic E-state index is 11.8. The summed E-state index contributed by atoms with van der Waals surface area (Å²) in [4.78, 5) is 34.1. The minimum atomic E-state index is -3.60. The van der Waals surface area contributed by atoms with Crippen molar-refractivity contribution in [3.8, 4) is 0 Å². The molecule has 0 aliphatic carbocycles. The van der Waals surface area contributed by atoms with Gasteiger partial charge in [0.1, 0.15) is 0 Å². The van der Waals surface area contributed by atoms with Gasteiger partial charge in [0.2, 0.25) is 15.9 Å². The molecule has 0 heterocycles. The van der Waals surface area contributed by atoms with Crippen LogP contribution in [0.1, 0.15) is 17.3 Å². The van der Waals surface area contributed by atoms with Gasteiger partial charge in [-0.15, -0.1) is 0 Å². The van der Waals surface area contributed by atoms with Crippen LogP contribution in [0.15, 0.2) is 29.2 Å². The third kappa shape index (κ3) is 5.97. The van der Waals surface area contributed by atoms with Gasteiger partial charge < -0.3 is 15.4 Å². The molecule has 132 valence electrons. The summed E-state index contributed by atoms with van der Waals surface area (Å²) in [7, 11) is -2.18. The van der Waals surface area contributed by atoms with Crippen LogP contribution >= 0.6 is 0 Å². The fourth-order valence-electron chi connectivity index (χ4n) is 1.58. The van der Waals surface area contributed by atoms with Crippen molar-refractivity contribution in [2.75, 3.05) is 26.7 Å². The summed E-state index contributed by atoms with van der Waals surface area (Å²) in [6.07, 6.45) is 0. The smallest absolute Gasteiger partial charge is 0.338 e. The van der Waals surface area contributed by atoms with Gasteiger partial charge in [0.05, 0.1) is 17.0 Å². The van der Waals surface area contributed by atoms with E-state index in [0.717, 1.165) is 0 Å². The number of ether oxygens (including phenoxy) is 1. The highest BCUT2D eigenvalue weighted by Gasteiger charge is 2.15. The zero-order chi connectivity index (χ0) is 18.2. The van der Waals surface area contributed by atoms with E-state index in [0.29, 0.717) is 0 Å². The van der Waals surface area contributed by atoms with Gasteiger partial charge in [0.25, 0.3) is 5.91 Å². The second-order valence-corrected chi connectivity index (χ2v) is 6.32. The maximum absolute atomic E-state index is 11.8. The Hall–Kier alpha value is -2.46. The van der Waals surface area contributed by atoms with Crippen molar-refractivity contribution in [1.29, 1.82) is 0 Å². The van der Waals surface area contributed by atoms with E-state index in [1.165, 1.54) is 31.3 Å². The average Bonchev–Trinajstić information content (AvgIpc) is 2.57. The summed E-state index contributed by atoms with van der Waals surface area (Å²) in [5, 5.41) is 4.59. The molecule has 0 atom stereocenters. The van der Waals surface area contributed by atoms with Crippen molar-refractivity contribution in [3.63, 3.8) is 0 Å². The second kappa shape index (κ2) is 8.99. The lowest BCUT2D eigenvalue weighted by Crippen LogP contribution is -2.37. The number of nitrogens with one attached hydrogen (secondary N) is 3. The molecule has 0 aliphatic rings. The van der Waals surface area contributed by atoms with E-state index >= 15 is 0 Å². The van der Waals surface area contributed by atoms with E-state index in [2.05, 4.69) is 15.4 Å². The molecule has 3 N–H and O–H groups in total. The molecule has 0 aromatic heterocycles. The zero-order valence-corrected chi connectivity index (χ0v) is 14.1. The Morgan fingerprint density at radius 1 is 1.08 bits per heavy atom. The highest BCUT2D eigenvalue weighted by molar-refractivity contribution is 7.89. The highest BCUT2D eigenvalue weighted by atomic mass is 32.2. The molecule has 0 bridgehead atoms. The van der Waals surface area contributed by atoms with Gasteiger partial charge in [-0.2, -0.15) is 0 Å². The number of amides is 2. The van der Waals surface area contributed by atoms with Crippen molar-refractivity contribution in [2.45, 2.75) is 11.8 Å². The van der Waals surface area contributed by atoms with Crippen molar-refractivity contribution in [3.05, 3.63) is 29.8 Å². The van der Waals surface area contributed by atoms with E-state index < -0.39 is 28.5 Å². The Morgan fingerprint density at radius 2 is 1.71 bits per heavy atom. The second-order valence-electron chi connectivity index (χ2n) is 4.55. The van der Waals surface area contributed by atoms with Crippen molar-refractivity contribution < 1.29 is 27.5 Å². The molecule has 24 heavy (non-hydrogen) atoms. The van der Waals surface area contributed by atoms with E-state index in [9.17, 15) is 22.8 Å². The first-order chi connectivity index (χ1) is 11.3. The van der Waals surface area contributed by atoms with Crippen LogP contribution in [-0.2, 0) is 24.3 Å². The van der Waals surface area contributed by atoms with Crippen LogP contribution in [0.25, 0.3) is 0 Å². The minimum absolute atomic E-state index is 0.0178. The Kier molecular flexibility index (Phi) is 7.33. The lowest BCUT2D eigenvalue weighted by molar-refractivity contribution is -0.127. The molecular weight excluding hydrogens is 338 g/mol. The summed E-state index contributed by atoms with van der Waals surface area (Å²) < 4.78 is 30.6. The van der Waals surface area contributed by atoms with Gasteiger partial charge in [-0.3, -0.25) is 9.59 Å². The first kappa shape index (κ1) is 19.6. The highest BCUT2D eigenvalue weighted by Crippen LogP contribution is 2.11. The fourth-order valence-corrected chi connectivity index (χ4v) is 2.62. The maximum Gasteiger partial charge on any atom is 0.338 e. The third-order valence-electron chi connectivity index (χ3n) is 2.79. The molecular formula is C14H19N3O6S. The SMILES string of the molecule is CCNS(=O)(=O)c1ccc(C(=O)OCC(=O)NCC(=O)NC)cc1. The first-order valence-electron chi connectivity index (χ1n) is 7.04. The summed E-state index contributed by atoms with van der Waals surface area (Å²) in [5.74, 6) is -1.79. The largest absolute Gasteiger partial charge is 0.452 e. The van der Waals surface area contributed by atoms with Crippen LogP contribution in [0, 0.1) is 0 Å². The summed E-state index contributed by atoms with van der Waals surface area (Å²) in [6.45, 7) is 1.13. The minimum Gasteiger partial charge on any atom is -0.452 e. The molecule has 2 amide bonds. The van der Waals surface area contributed by atoms with E-state index in [1.54, 1.807) is 6.92 Å². The van der Waals surface area contributed by atoms with Crippen molar-refractivity contribution >= 4 is 27.8 Å². The molecule has 0 aliphatic heterocycles. The number of hydrogen-bond acceptors (Lipinski definition) is 6. The fraction of sp³-hybridized carbons (Fsp3) is 0.357. The van der Waals surface area contributed by atoms with E-state index in [4.69, 9.17) is 4.74 Å². The summed E-state index contributed by atoms with van der Waals surface area (Å²) in [6, 6.07) is 5.10. The third-order valence-corrected chi connectivity index (χ3v) is 4.36. The molecule has 0 saturated heterocycles. The van der Waals surface area contributed by atoms with Crippen LogP contribution in [0.5, 0.6) is 0 Å². The Balaban J connectivity index is 2.57. The number of carbonyl (C=O) groups excluding carboxylic acids is 3. The predicted molar refractivity (Wildman–Crippen MR) is 84.7 cm³/mol. The van der Waals surface area contributed by atoms with Crippen LogP contribution in [-0.4, -0.2) is 52.9 Å². The molecule has 0 fully saturated rings. The Morgan fingerprint density at radius 3 is 2.25 bits per heavy atom. The van der Waals surface area contributed by atoms with Crippen LogP contribution < -0.4 is 15.4 Å². The number of benzene rings is 1. The van der Waals surface area contributed by atoms with Gasteiger partial charge in [-0.1, -0.05) is 6.92 Å². The first-order valence-corrected chi connectivity index (χ1v) is 8.52. The molecule has 1 aromatic carbocycles. The van der Waals surface area contributed by atoms with Gasteiger partial charge in [-0.25, -0.2) is 17.9 Å². The lowest BCUT2D eigenvalue weighted by Gasteiger charge is -2.07. The molecule has 0 unspecified atom stereocenters. The number of esters is 1. The molecule has 1 aromatic rings. The van der Waals surface area contributed by atoms with Crippen LogP contribution in [0.4, 0.5) is 0 Å². The Bertz CT molecular complexity index is 700. The van der Waals surface area contributed by atoms with Gasteiger partial charge in [0, 0.05) is 13.6 Å². The number of sulfonamides is 1. The van der Waals surface area contributed by atoms with E-state index in [1.807, 2.05) is 0 Å². The molecule has 0 radical (unpaired) electrons. The molecule has 0 saturated carbocycles. The zero-order valence-electron chi connectivity index (χ0n) is 13.3. The predicted octanol–water partition coefficient (Wildman–Crippen LogP) is -0.996. The summed E-state index contributed by atoms with van der Waals surface area (Å²) >= 11 is 0. The summed E-state index contributed by atoms with van der Waals surface area (Å²) in [5.41, 5.74) is 0.101. The quantitative estimate of drug-likeness (QED) is 0.512. The van der Waals surface area contributed by atoms with Gasteiger partial charge in [-0.05, 0) is 24.3 Å². The average molecular weight is 357 g/mol. The molecule has 10 heteroatoms. The van der Waals surface area contributed by atoms with Crippen molar-refractivity contribution in [1.82, 2.24) is 15.4 Å². The lowest BCUT2D eigenvalue weighted by atomic mass is 10.2. The van der Waals surface area contributed by atoms with Gasteiger partial charge in [0.15, 0.2) is 6.61 Å². The van der Waals surface area contributed by atoms with Crippen molar-refractivity contribution in [2.24, 2.45) is 0 Å². The molecule has 1 rings (SSSR count). The monoisotopic (exact) mass is 357 g/mol. The topological polar surface area (TPSA) is 131 Å². The molecule has 9 nitrogen and oxygen atoms in total. The van der Waals surface area contributed by atoms with Crippen LogP contribution in [0.3, 0.4) is 0 Å². The molecule has 0 spiro atoms. The Labute approximate surface area is 139 Å².